The van der Waals surface area contributed by atoms with Crippen molar-refractivity contribution < 1.29 is 8.42 Å². The zero-order valence-corrected chi connectivity index (χ0v) is 22.0. The van der Waals surface area contributed by atoms with Crippen LogP contribution >= 0.6 is 0 Å². The van der Waals surface area contributed by atoms with E-state index in [0.717, 1.165) is 44.4 Å². The lowest BCUT2D eigenvalue weighted by atomic mass is 10.1. The predicted octanol–water partition coefficient (Wildman–Crippen LogP) is 5.45. The van der Waals surface area contributed by atoms with Gasteiger partial charge in [0, 0.05) is 60.8 Å². The van der Waals surface area contributed by atoms with Gasteiger partial charge in [-0.05, 0) is 36.4 Å². The fourth-order valence-corrected chi connectivity index (χ4v) is 6.29. The quantitative estimate of drug-likeness (QED) is 0.302. The number of aromatic nitrogens is 3. The first-order chi connectivity index (χ1) is 18.4. The smallest absolute Gasteiger partial charge is 0.241 e. The van der Waals surface area contributed by atoms with Crippen molar-refractivity contribution in [3.63, 3.8) is 0 Å². The van der Waals surface area contributed by atoms with E-state index in [-0.39, 0.29) is 11.4 Å². The summed E-state index contributed by atoms with van der Waals surface area (Å²) in [5.74, 6) is 0.760. The van der Waals surface area contributed by atoms with Gasteiger partial charge < -0.3 is 9.47 Å². The van der Waals surface area contributed by atoms with Crippen LogP contribution in [-0.2, 0) is 16.6 Å². The molecule has 190 valence electrons. The molecule has 0 spiro atoms. The van der Waals surface area contributed by atoms with Crippen LogP contribution in [0.25, 0.3) is 44.1 Å². The number of pyridine rings is 1. The summed E-state index contributed by atoms with van der Waals surface area (Å²) in [5, 5.41) is 2.62. The molecular formula is C30H27N5O2S. The fraction of sp³-hybridized carbons (Fsp3) is 0.133. The lowest BCUT2D eigenvalue weighted by Gasteiger charge is -2.17. The van der Waals surface area contributed by atoms with Gasteiger partial charge in [0.15, 0.2) is 0 Å². The molecule has 0 saturated carbocycles. The number of hydrogen-bond acceptors (Lipinski definition) is 5. The van der Waals surface area contributed by atoms with Crippen molar-refractivity contribution in [2.75, 3.05) is 25.5 Å². The summed E-state index contributed by atoms with van der Waals surface area (Å²) < 4.78 is 31.9. The Hall–Kier alpha value is -4.27. The van der Waals surface area contributed by atoms with Gasteiger partial charge in [0.2, 0.25) is 10.0 Å². The number of para-hydroxylation sites is 3. The van der Waals surface area contributed by atoms with Crippen LogP contribution in [0.4, 0.5) is 5.69 Å². The van der Waals surface area contributed by atoms with Gasteiger partial charge in [-0.1, -0.05) is 54.6 Å². The summed E-state index contributed by atoms with van der Waals surface area (Å²) in [6.45, 7) is 0.615. The molecule has 6 aromatic rings. The maximum Gasteiger partial charge on any atom is 0.241 e. The van der Waals surface area contributed by atoms with Gasteiger partial charge in [-0.2, -0.15) is 0 Å². The molecule has 0 aliphatic heterocycles. The number of nitrogens with one attached hydrogen (secondary N) is 1. The van der Waals surface area contributed by atoms with Crippen LogP contribution in [0.1, 0.15) is 0 Å². The Labute approximate surface area is 221 Å². The first-order valence-corrected chi connectivity index (χ1v) is 13.9. The third-order valence-electron chi connectivity index (χ3n) is 6.79. The molecule has 0 bridgehead atoms. The molecule has 2 heterocycles. The Bertz CT molecular complexity index is 1910. The van der Waals surface area contributed by atoms with Crippen LogP contribution in [0.15, 0.2) is 102 Å². The highest BCUT2D eigenvalue weighted by Crippen LogP contribution is 2.31. The van der Waals surface area contributed by atoms with Crippen molar-refractivity contribution in [3.05, 3.63) is 97.2 Å². The summed E-state index contributed by atoms with van der Waals surface area (Å²) in [4.78, 5) is 11.8. The predicted molar refractivity (Wildman–Crippen MR) is 154 cm³/mol. The molecule has 0 unspecified atom stereocenters. The molecule has 0 atom stereocenters. The molecule has 1 N–H and O–H groups in total. The highest BCUT2D eigenvalue weighted by Gasteiger charge is 2.20. The van der Waals surface area contributed by atoms with Gasteiger partial charge in [-0.25, -0.2) is 18.1 Å². The van der Waals surface area contributed by atoms with E-state index < -0.39 is 10.0 Å². The second-order valence-corrected chi connectivity index (χ2v) is 11.1. The van der Waals surface area contributed by atoms with Gasteiger partial charge in [0.1, 0.15) is 5.82 Å². The number of rotatable bonds is 7. The van der Waals surface area contributed by atoms with E-state index in [9.17, 15) is 8.42 Å². The topological polar surface area (TPSA) is 80.1 Å². The molecule has 6 rings (SSSR count). The summed E-state index contributed by atoms with van der Waals surface area (Å²) in [7, 11) is 0.140. The maximum absolute atomic E-state index is 13.5. The second-order valence-electron chi connectivity index (χ2n) is 9.38. The maximum atomic E-state index is 13.5. The zero-order valence-electron chi connectivity index (χ0n) is 21.2. The van der Waals surface area contributed by atoms with E-state index in [2.05, 4.69) is 14.3 Å². The number of imidazole rings is 1. The van der Waals surface area contributed by atoms with Gasteiger partial charge in [0.25, 0.3) is 0 Å². The Morgan fingerprint density at radius 1 is 0.842 bits per heavy atom. The molecule has 0 saturated heterocycles. The molecule has 2 aromatic heterocycles. The SMILES string of the molecule is CN(C)c1cccc2c(S(=O)(=O)NCCn3c(-c4cccc5cccnc45)nc4ccccc43)cccc12. The number of benzene rings is 4. The molecule has 8 heteroatoms. The highest BCUT2D eigenvalue weighted by molar-refractivity contribution is 7.89. The Morgan fingerprint density at radius 2 is 1.61 bits per heavy atom. The zero-order chi connectivity index (χ0) is 26.3. The normalized spacial score (nSPS) is 11.9. The van der Waals surface area contributed by atoms with Crippen molar-refractivity contribution in [2.45, 2.75) is 11.4 Å². The number of fused-ring (bicyclic) bond motifs is 3. The molecule has 0 amide bonds. The molecule has 0 radical (unpaired) electrons. The fourth-order valence-electron chi connectivity index (χ4n) is 5.05. The molecule has 4 aromatic carbocycles. The van der Waals surface area contributed by atoms with E-state index in [4.69, 9.17) is 4.98 Å². The highest BCUT2D eigenvalue weighted by atomic mass is 32.2. The van der Waals surface area contributed by atoms with Crippen molar-refractivity contribution in [2.24, 2.45) is 0 Å². The van der Waals surface area contributed by atoms with Crippen LogP contribution in [-0.4, -0.2) is 43.6 Å². The van der Waals surface area contributed by atoms with Crippen LogP contribution in [0.3, 0.4) is 0 Å². The Balaban J connectivity index is 1.36. The number of sulfonamides is 1. The standard InChI is InChI=1S/C30H27N5O2S/c1-34(2)26-16-6-12-23-22(26)11-7-17-28(23)38(36,37)32-19-20-35-27-15-4-3-14-25(27)33-30(35)24-13-5-9-21-10-8-18-31-29(21)24/h3-18,32H,19-20H2,1-2H3. The number of anilines is 1. The van der Waals surface area contributed by atoms with E-state index in [1.54, 1.807) is 18.3 Å². The van der Waals surface area contributed by atoms with Crippen LogP contribution < -0.4 is 9.62 Å². The minimum atomic E-state index is -3.76. The molecule has 0 aliphatic rings. The Kier molecular flexibility index (Phi) is 6.06. The van der Waals surface area contributed by atoms with E-state index in [1.807, 2.05) is 97.9 Å². The van der Waals surface area contributed by atoms with Gasteiger partial charge in [-0.3, -0.25) is 4.98 Å². The second kappa shape index (κ2) is 9.55. The summed E-state index contributed by atoms with van der Waals surface area (Å²) in [6, 6.07) is 29.0. The lowest BCUT2D eigenvalue weighted by molar-refractivity contribution is 0.575. The molecule has 7 nitrogen and oxygen atoms in total. The number of hydrogen-bond donors (Lipinski definition) is 1. The third kappa shape index (κ3) is 4.17. The first kappa shape index (κ1) is 24.1. The largest absolute Gasteiger partial charge is 0.377 e. The molecular weight excluding hydrogens is 494 g/mol. The summed E-state index contributed by atoms with van der Waals surface area (Å²) >= 11 is 0. The third-order valence-corrected chi connectivity index (χ3v) is 8.31. The minimum absolute atomic E-state index is 0.206. The number of nitrogens with zero attached hydrogens (tertiary/aromatic N) is 4. The van der Waals surface area contributed by atoms with Gasteiger partial charge in [0.05, 0.1) is 21.4 Å². The van der Waals surface area contributed by atoms with Crippen LogP contribution in [0, 0.1) is 0 Å². The van der Waals surface area contributed by atoms with E-state index >= 15 is 0 Å². The van der Waals surface area contributed by atoms with Crippen molar-refractivity contribution in [3.8, 4) is 11.4 Å². The van der Waals surface area contributed by atoms with Gasteiger partial charge in [-0.15, -0.1) is 0 Å². The average Bonchev–Trinajstić information content (AvgIpc) is 3.30. The van der Waals surface area contributed by atoms with Crippen molar-refractivity contribution >= 4 is 48.4 Å². The molecule has 38 heavy (non-hydrogen) atoms. The first-order valence-electron chi connectivity index (χ1n) is 12.4. The Morgan fingerprint density at radius 3 is 2.47 bits per heavy atom. The van der Waals surface area contributed by atoms with E-state index in [0.29, 0.717) is 11.9 Å². The lowest BCUT2D eigenvalue weighted by Crippen LogP contribution is -2.28. The van der Waals surface area contributed by atoms with Crippen molar-refractivity contribution in [1.29, 1.82) is 0 Å². The monoisotopic (exact) mass is 521 g/mol. The van der Waals surface area contributed by atoms with Crippen LogP contribution in [0.5, 0.6) is 0 Å². The minimum Gasteiger partial charge on any atom is -0.377 e. The van der Waals surface area contributed by atoms with Gasteiger partial charge >= 0.3 is 0 Å². The summed E-state index contributed by atoms with van der Waals surface area (Å²) in [5.41, 5.74) is 4.53. The van der Waals surface area contributed by atoms with E-state index in [1.165, 1.54) is 0 Å². The molecule has 0 fully saturated rings. The molecule has 0 aliphatic carbocycles. The van der Waals surface area contributed by atoms with Crippen molar-refractivity contribution in [1.82, 2.24) is 19.3 Å². The summed E-state index contributed by atoms with van der Waals surface area (Å²) in [6.07, 6.45) is 1.78. The average molecular weight is 522 g/mol. The van der Waals surface area contributed by atoms with Crippen LogP contribution in [0.2, 0.25) is 0 Å².